The topological polar surface area (TPSA) is 63.3 Å². The number of rotatable bonds is 5. The van der Waals surface area contributed by atoms with E-state index in [-0.39, 0.29) is 6.42 Å². The molecule has 0 atom stereocenters. The minimum absolute atomic E-state index is 0.0737. The SMILES string of the molecule is O=C(O)CCc1coc(Cc2ccc(Br)cc2)n1. The average Bonchev–Trinajstić information content (AvgIpc) is 2.77. The van der Waals surface area contributed by atoms with Crippen molar-refractivity contribution < 1.29 is 14.3 Å². The molecule has 2 aromatic rings. The monoisotopic (exact) mass is 309 g/mol. The number of carboxylic acids is 1. The van der Waals surface area contributed by atoms with E-state index < -0.39 is 5.97 Å². The number of aromatic nitrogens is 1. The summed E-state index contributed by atoms with van der Waals surface area (Å²) in [5.41, 5.74) is 1.79. The molecule has 0 fully saturated rings. The Hall–Kier alpha value is -1.62. The Bertz CT molecular complexity index is 533. The third kappa shape index (κ3) is 3.70. The second-order valence-electron chi connectivity index (χ2n) is 3.93. The minimum Gasteiger partial charge on any atom is -0.481 e. The van der Waals surface area contributed by atoms with E-state index in [1.165, 1.54) is 6.26 Å². The van der Waals surface area contributed by atoms with Crippen molar-refractivity contribution in [1.82, 2.24) is 4.98 Å². The molecule has 0 unspecified atom stereocenters. The molecule has 0 aliphatic heterocycles. The number of carbonyl (C=O) groups is 1. The van der Waals surface area contributed by atoms with Crippen LogP contribution in [0.25, 0.3) is 0 Å². The molecule has 0 aliphatic carbocycles. The van der Waals surface area contributed by atoms with E-state index in [4.69, 9.17) is 9.52 Å². The van der Waals surface area contributed by atoms with Crippen molar-refractivity contribution in [3.05, 3.63) is 52.1 Å². The highest BCUT2D eigenvalue weighted by atomic mass is 79.9. The van der Waals surface area contributed by atoms with Gasteiger partial charge in [0.1, 0.15) is 6.26 Å². The van der Waals surface area contributed by atoms with Crippen LogP contribution in [0.3, 0.4) is 0 Å². The third-order valence-corrected chi connectivity index (χ3v) is 2.99. The molecule has 1 heterocycles. The highest BCUT2D eigenvalue weighted by molar-refractivity contribution is 9.10. The Labute approximate surface area is 113 Å². The standard InChI is InChI=1S/C13H12BrNO3/c14-10-3-1-9(2-4-10)7-12-15-11(8-18-12)5-6-13(16)17/h1-4,8H,5-7H2,(H,16,17). The van der Waals surface area contributed by atoms with Gasteiger partial charge in [-0.1, -0.05) is 28.1 Å². The quantitative estimate of drug-likeness (QED) is 0.922. The zero-order chi connectivity index (χ0) is 13.0. The van der Waals surface area contributed by atoms with E-state index in [1.807, 2.05) is 24.3 Å². The first-order valence-corrected chi connectivity index (χ1v) is 6.32. The number of hydrogen-bond acceptors (Lipinski definition) is 3. The van der Waals surface area contributed by atoms with Gasteiger partial charge in [-0.15, -0.1) is 0 Å². The highest BCUT2D eigenvalue weighted by Gasteiger charge is 2.07. The van der Waals surface area contributed by atoms with E-state index in [2.05, 4.69) is 20.9 Å². The van der Waals surface area contributed by atoms with Gasteiger partial charge in [0.05, 0.1) is 12.1 Å². The van der Waals surface area contributed by atoms with Gasteiger partial charge in [-0.05, 0) is 17.7 Å². The van der Waals surface area contributed by atoms with Crippen molar-refractivity contribution >= 4 is 21.9 Å². The molecule has 5 heteroatoms. The largest absolute Gasteiger partial charge is 0.481 e. The lowest BCUT2D eigenvalue weighted by Crippen LogP contribution is -1.98. The van der Waals surface area contributed by atoms with Crippen molar-refractivity contribution in [3.63, 3.8) is 0 Å². The van der Waals surface area contributed by atoms with Gasteiger partial charge in [0, 0.05) is 17.3 Å². The van der Waals surface area contributed by atoms with Crippen LogP contribution in [0, 0.1) is 0 Å². The Morgan fingerprint density at radius 2 is 2.06 bits per heavy atom. The van der Waals surface area contributed by atoms with Gasteiger partial charge < -0.3 is 9.52 Å². The minimum atomic E-state index is -0.826. The Balaban J connectivity index is 1.97. The van der Waals surface area contributed by atoms with Gasteiger partial charge in [-0.25, -0.2) is 4.98 Å². The van der Waals surface area contributed by atoms with Crippen molar-refractivity contribution in [2.24, 2.45) is 0 Å². The first-order chi connectivity index (χ1) is 8.63. The lowest BCUT2D eigenvalue weighted by molar-refractivity contribution is -0.136. The van der Waals surface area contributed by atoms with Crippen LogP contribution in [-0.4, -0.2) is 16.1 Å². The van der Waals surface area contributed by atoms with E-state index in [1.54, 1.807) is 0 Å². The summed E-state index contributed by atoms with van der Waals surface area (Å²) in [6.07, 6.45) is 2.61. The Kier molecular flexibility index (Phi) is 4.15. The van der Waals surface area contributed by atoms with Gasteiger partial charge in [0.25, 0.3) is 0 Å². The molecule has 0 spiro atoms. The smallest absolute Gasteiger partial charge is 0.303 e. The van der Waals surface area contributed by atoms with Crippen LogP contribution < -0.4 is 0 Å². The third-order valence-electron chi connectivity index (χ3n) is 2.46. The molecule has 1 aromatic carbocycles. The van der Waals surface area contributed by atoms with E-state index in [0.29, 0.717) is 24.4 Å². The normalized spacial score (nSPS) is 10.5. The molecule has 2 rings (SSSR count). The van der Waals surface area contributed by atoms with Gasteiger partial charge in [-0.3, -0.25) is 4.79 Å². The number of nitrogens with zero attached hydrogens (tertiary/aromatic N) is 1. The predicted octanol–water partition coefficient (Wildman–Crippen LogP) is 3.05. The van der Waals surface area contributed by atoms with Gasteiger partial charge in [0.15, 0.2) is 5.89 Å². The molecule has 94 valence electrons. The van der Waals surface area contributed by atoms with E-state index in [0.717, 1.165) is 10.0 Å². The molecule has 18 heavy (non-hydrogen) atoms. The van der Waals surface area contributed by atoms with Crippen molar-refractivity contribution in [2.75, 3.05) is 0 Å². The van der Waals surface area contributed by atoms with Crippen molar-refractivity contribution in [2.45, 2.75) is 19.3 Å². The van der Waals surface area contributed by atoms with Gasteiger partial charge in [0.2, 0.25) is 0 Å². The summed E-state index contributed by atoms with van der Waals surface area (Å²) in [5.74, 6) is -0.217. The van der Waals surface area contributed by atoms with Crippen molar-refractivity contribution in [3.8, 4) is 0 Å². The predicted molar refractivity (Wildman–Crippen MR) is 69.4 cm³/mol. The maximum absolute atomic E-state index is 10.4. The molecule has 1 N–H and O–H groups in total. The van der Waals surface area contributed by atoms with E-state index in [9.17, 15) is 4.79 Å². The van der Waals surface area contributed by atoms with Crippen LogP contribution in [0.2, 0.25) is 0 Å². The number of benzene rings is 1. The lowest BCUT2D eigenvalue weighted by atomic mass is 10.1. The second kappa shape index (κ2) is 5.82. The number of aryl methyl sites for hydroxylation is 1. The molecule has 0 amide bonds. The first-order valence-electron chi connectivity index (χ1n) is 5.53. The second-order valence-corrected chi connectivity index (χ2v) is 4.85. The average molecular weight is 310 g/mol. The molecule has 0 bridgehead atoms. The summed E-state index contributed by atoms with van der Waals surface area (Å²) in [6, 6.07) is 7.91. The Morgan fingerprint density at radius 1 is 1.33 bits per heavy atom. The number of carboxylic acid groups (broad SMARTS) is 1. The number of oxazole rings is 1. The fourth-order valence-corrected chi connectivity index (χ4v) is 1.82. The summed E-state index contributed by atoms with van der Waals surface area (Å²) < 4.78 is 6.34. The fraction of sp³-hybridized carbons (Fsp3) is 0.231. The fourth-order valence-electron chi connectivity index (χ4n) is 1.56. The zero-order valence-corrected chi connectivity index (χ0v) is 11.2. The molecule has 0 radical (unpaired) electrons. The number of aliphatic carboxylic acids is 1. The van der Waals surface area contributed by atoms with Crippen LogP contribution in [0.4, 0.5) is 0 Å². The van der Waals surface area contributed by atoms with Gasteiger partial charge >= 0.3 is 5.97 Å². The van der Waals surface area contributed by atoms with Crippen LogP contribution in [-0.2, 0) is 17.6 Å². The van der Waals surface area contributed by atoms with E-state index >= 15 is 0 Å². The summed E-state index contributed by atoms with van der Waals surface area (Å²) >= 11 is 3.37. The highest BCUT2D eigenvalue weighted by Crippen LogP contribution is 2.14. The Morgan fingerprint density at radius 3 is 2.72 bits per heavy atom. The molecule has 1 aromatic heterocycles. The summed E-state index contributed by atoms with van der Waals surface area (Å²) in [7, 11) is 0. The molecule has 4 nitrogen and oxygen atoms in total. The van der Waals surface area contributed by atoms with Crippen molar-refractivity contribution in [1.29, 1.82) is 0 Å². The zero-order valence-electron chi connectivity index (χ0n) is 9.60. The van der Waals surface area contributed by atoms with Crippen LogP contribution in [0.15, 0.2) is 39.4 Å². The van der Waals surface area contributed by atoms with Crippen LogP contribution >= 0.6 is 15.9 Å². The summed E-state index contributed by atoms with van der Waals surface area (Å²) in [5, 5.41) is 8.58. The lowest BCUT2D eigenvalue weighted by Gasteiger charge is -1.97. The summed E-state index contributed by atoms with van der Waals surface area (Å²) in [6.45, 7) is 0. The molecule has 0 saturated heterocycles. The maximum Gasteiger partial charge on any atom is 0.303 e. The van der Waals surface area contributed by atoms with Crippen LogP contribution in [0.1, 0.15) is 23.6 Å². The first kappa shape index (κ1) is 12.8. The molecule has 0 saturated carbocycles. The van der Waals surface area contributed by atoms with Crippen LogP contribution in [0.5, 0.6) is 0 Å². The summed E-state index contributed by atoms with van der Waals surface area (Å²) in [4.78, 5) is 14.7. The number of halogens is 1. The molecule has 0 aliphatic rings. The molecular weight excluding hydrogens is 298 g/mol. The maximum atomic E-state index is 10.4. The number of hydrogen-bond donors (Lipinski definition) is 1. The molecular formula is C13H12BrNO3. The van der Waals surface area contributed by atoms with Gasteiger partial charge in [-0.2, -0.15) is 0 Å².